The van der Waals surface area contributed by atoms with Crippen molar-refractivity contribution in [2.75, 3.05) is 0 Å². The fraction of sp³-hybridized carbons (Fsp3) is 0.231. The Balaban J connectivity index is 1.60. The first-order valence-electron chi connectivity index (χ1n) is 10.1. The molecule has 0 saturated carbocycles. The Hall–Kier alpha value is -1.20. The number of hydrogen-bond donors (Lipinski definition) is 2. The SMILES string of the molecule is CC1=C2C=C(c3ccc(S)cc3)SC2(C)C2(C)SC(c3ccc(S)cc3)=CC2=C1C. The lowest BCUT2D eigenvalue weighted by atomic mass is 9.72. The Bertz CT molecular complexity index is 1080. The van der Waals surface area contributed by atoms with E-state index in [0.29, 0.717) is 0 Å². The van der Waals surface area contributed by atoms with Crippen LogP contribution in [0.2, 0.25) is 0 Å². The summed E-state index contributed by atoms with van der Waals surface area (Å²) in [4.78, 5) is 4.70. The molecular formula is C26H24S4. The molecule has 0 aromatic heterocycles. The van der Waals surface area contributed by atoms with E-state index in [9.17, 15) is 0 Å². The Morgan fingerprint density at radius 1 is 0.600 bits per heavy atom. The van der Waals surface area contributed by atoms with Gasteiger partial charge in [0.1, 0.15) is 0 Å². The zero-order valence-corrected chi connectivity index (χ0v) is 20.9. The number of thioether (sulfide) groups is 2. The average molecular weight is 465 g/mol. The minimum atomic E-state index is -0.0205. The minimum Gasteiger partial charge on any atom is -0.143 e. The Kier molecular flexibility index (Phi) is 4.94. The molecule has 3 aliphatic rings. The summed E-state index contributed by atoms with van der Waals surface area (Å²) >= 11 is 12.9. The van der Waals surface area contributed by atoms with E-state index in [2.05, 4.69) is 114 Å². The molecule has 0 fully saturated rings. The van der Waals surface area contributed by atoms with Gasteiger partial charge in [0.05, 0.1) is 9.49 Å². The predicted molar refractivity (Wildman–Crippen MR) is 141 cm³/mol. The van der Waals surface area contributed by atoms with Crippen molar-refractivity contribution in [3.63, 3.8) is 0 Å². The largest absolute Gasteiger partial charge is 0.143 e. The second-order valence-corrected chi connectivity index (χ2v) is 12.4. The van der Waals surface area contributed by atoms with Gasteiger partial charge in [0.2, 0.25) is 0 Å². The topological polar surface area (TPSA) is 0 Å². The lowest BCUT2D eigenvalue weighted by Crippen LogP contribution is -2.47. The molecule has 0 radical (unpaired) electrons. The molecule has 5 rings (SSSR count). The molecule has 0 saturated heterocycles. The van der Waals surface area contributed by atoms with Crippen LogP contribution in [0, 0.1) is 0 Å². The summed E-state index contributed by atoms with van der Waals surface area (Å²) in [7, 11) is 0. The zero-order valence-electron chi connectivity index (χ0n) is 17.5. The van der Waals surface area contributed by atoms with E-state index in [4.69, 9.17) is 0 Å². The fourth-order valence-electron chi connectivity index (χ4n) is 4.73. The molecule has 0 N–H and O–H groups in total. The third-order valence-corrected chi connectivity index (χ3v) is 10.7. The highest BCUT2D eigenvalue weighted by molar-refractivity contribution is 8.14. The van der Waals surface area contributed by atoms with Gasteiger partial charge >= 0.3 is 0 Å². The van der Waals surface area contributed by atoms with Crippen LogP contribution in [0.1, 0.15) is 38.8 Å². The van der Waals surface area contributed by atoms with Gasteiger partial charge in [-0.05, 0) is 97.5 Å². The van der Waals surface area contributed by atoms with Crippen LogP contribution in [-0.2, 0) is 0 Å². The second kappa shape index (κ2) is 7.16. The fourth-order valence-corrected chi connectivity index (χ4v) is 8.27. The van der Waals surface area contributed by atoms with E-state index in [1.807, 2.05) is 23.5 Å². The number of allylic oxidation sites excluding steroid dienone is 4. The summed E-state index contributed by atoms with van der Waals surface area (Å²) < 4.78 is -0.0411. The average Bonchev–Trinajstić information content (AvgIpc) is 3.28. The van der Waals surface area contributed by atoms with Gasteiger partial charge in [-0.15, -0.1) is 48.8 Å². The van der Waals surface area contributed by atoms with Crippen LogP contribution in [0.25, 0.3) is 9.81 Å². The van der Waals surface area contributed by atoms with Gasteiger partial charge in [0, 0.05) is 19.6 Å². The van der Waals surface area contributed by atoms with Crippen LogP contribution in [0.15, 0.2) is 92.8 Å². The number of hydrogen-bond acceptors (Lipinski definition) is 4. The summed E-state index contributed by atoms with van der Waals surface area (Å²) in [6.45, 7) is 9.44. The van der Waals surface area contributed by atoms with Gasteiger partial charge in [0.25, 0.3) is 0 Å². The molecule has 0 bridgehead atoms. The van der Waals surface area contributed by atoms with Crippen molar-refractivity contribution >= 4 is 58.6 Å². The lowest BCUT2D eigenvalue weighted by Gasteiger charge is -2.47. The smallest absolute Gasteiger partial charge is 0.0618 e. The molecular weight excluding hydrogens is 441 g/mol. The number of benzene rings is 2. The van der Waals surface area contributed by atoms with Crippen molar-refractivity contribution in [1.82, 2.24) is 0 Å². The monoisotopic (exact) mass is 464 g/mol. The van der Waals surface area contributed by atoms with Crippen molar-refractivity contribution in [2.24, 2.45) is 0 Å². The molecule has 0 spiro atoms. The van der Waals surface area contributed by atoms with Crippen LogP contribution < -0.4 is 0 Å². The van der Waals surface area contributed by atoms with Gasteiger partial charge < -0.3 is 0 Å². The molecule has 2 aliphatic heterocycles. The van der Waals surface area contributed by atoms with Gasteiger partial charge in [-0.3, -0.25) is 0 Å². The highest BCUT2D eigenvalue weighted by Crippen LogP contribution is 2.68. The molecule has 1 aliphatic carbocycles. The molecule has 30 heavy (non-hydrogen) atoms. The standard InChI is InChI=1S/C26H24S4/c1-15-16(2)22-14-24(18-7-11-20(28)12-8-18)30-26(22,4)25(3)21(15)13-23(29-25)17-5-9-19(27)10-6-17/h5-14,27-28H,1-4H3. The molecule has 2 aromatic carbocycles. The lowest BCUT2D eigenvalue weighted by molar-refractivity contribution is 0.607. The van der Waals surface area contributed by atoms with Crippen LogP contribution in [0.4, 0.5) is 0 Å². The van der Waals surface area contributed by atoms with Gasteiger partial charge in [-0.2, -0.15) is 0 Å². The first-order chi connectivity index (χ1) is 14.2. The molecule has 0 amide bonds. The number of rotatable bonds is 2. The molecule has 2 aromatic rings. The van der Waals surface area contributed by atoms with E-state index in [1.165, 1.54) is 43.2 Å². The molecule has 0 nitrogen and oxygen atoms in total. The summed E-state index contributed by atoms with van der Waals surface area (Å²) in [5.74, 6) is 0. The van der Waals surface area contributed by atoms with Crippen molar-refractivity contribution in [1.29, 1.82) is 0 Å². The first kappa shape index (κ1) is 20.7. The number of fused-ring (bicyclic) bond motifs is 3. The summed E-state index contributed by atoms with van der Waals surface area (Å²) in [6, 6.07) is 17.1. The zero-order chi connectivity index (χ0) is 21.3. The second-order valence-electron chi connectivity index (χ2n) is 8.46. The van der Waals surface area contributed by atoms with Crippen molar-refractivity contribution in [2.45, 2.75) is 47.0 Å². The number of thiol groups is 2. The predicted octanol–water partition coefficient (Wildman–Crippen LogP) is 8.30. The van der Waals surface area contributed by atoms with Gasteiger partial charge in [-0.1, -0.05) is 24.3 Å². The highest BCUT2D eigenvalue weighted by Gasteiger charge is 2.58. The maximum atomic E-state index is 4.46. The maximum absolute atomic E-state index is 4.46. The van der Waals surface area contributed by atoms with Crippen molar-refractivity contribution < 1.29 is 0 Å². The van der Waals surface area contributed by atoms with Crippen LogP contribution >= 0.6 is 48.8 Å². The quantitative estimate of drug-likeness (QED) is 0.429. The highest BCUT2D eigenvalue weighted by atomic mass is 32.2. The van der Waals surface area contributed by atoms with E-state index >= 15 is 0 Å². The van der Waals surface area contributed by atoms with Gasteiger partial charge in [-0.25, -0.2) is 0 Å². The minimum absolute atomic E-state index is 0.0205. The van der Waals surface area contributed by atoms with Crippen molar-refractivity contribution in [3.05, 3.63) is 94.1 Å². The molecule has 2 atom stereocenters. The van der Waals surface area contributed by atoms with Crippen LogP contribution in [0.5, 0.6) is 0 Å². The summed E-state index contributed by atoms with van der Waals surface area (Å²) in [5.41, 5.74) is 8.32. The molecule has 2 heterocycles. The molecule has 2 unspecified atom stereocenters. The third kappa shape index (κ3) is 2.95. The Morgan fingerprint density at radius 3 is 1.27 bits per heavy atom. The molecule has 4 heteroatoms. The van der Waals surface area contributed by atoms with Crippen molar-refractivity contribution in [3.8, 4) is 0 Å². The van der Waals surface area contributed by atoms with E-state index < -0.39 is 0 Å². The third-order valence-electron chi connectivity index (χ3n) is 6.79. The maximum Gasteiger partial charge on any atom is 0.0618 e. The summed E-state index contributed by atoms with van der Waals surface area (Å²) in [6.07, 6.45) is 4.85. The normalized spacial score (nSPS) is 27.8. The Morgan fingerprint density at radius 2 is 0.933 bits per heavy atom. The molecule has 152 valence electrons. The van der Waals surface area contributed by atoms with E-state index in [1.54, 1.807) is 0 Å². The van der Waals surface area contributed by atoms with E-state index in [0.717, 1.165) is 9.79 Å². The Labute approximate surface area is 198 Å². The summed E-state index contributed by atoms with van der Waals surface area (Å²) in [5, 5.41) is 0. The first-order valence-corrected chi connectivity index (χ1v) is 12.6. The van der Waals surface area contributed by atoms with Crippen LogP contribution in [0.3, 0.4) is 0 Å². The van der Waals surface area contributed by atoms with E-state index in [-0.39, 0.29) is 9.49 Å². The van der Waals surface area contributed by atoms with Gasteiger partial charge in [0.15, 0.2) is 0 Å². The van der Waals surface area contributed by atoms with Crippen LogP contribution in [-0.4, -0.2) is 9.49 Å².